The SMILES string of the molecule is CC(C)CC(=O)Oc1ccc(C=C(O)C(CO)(CO)C(O)=Cc2ccc(OC(=O)CC(C)C)cc2)cc1. The van der Waals surface area contributed by atoms with Crippen molar-refractivity contribution in [1.29, 1.82) is 0 Å². The Morgan fingerprint density at radius 2 is 1.03 bits per heavy atom. The molecule has 0 unspecified atom stereocenters. The van der Waals surface area contributed by atoms with Crippen molar-refractivity contribution in [3.8, 4) is 11.5 Å². The highest BCUT2D eigenvalue weighted by Gasteiger charge is 2.38. The second-order valence-corrected chi connectivity index (χ2v) is 9.74. The molecule has 0 aliphatic heterocycles. The minimum absolute atomic E-state index is 0.169. The summed E-state index contributed by atoms with van der Waals surface area (Å²) in [6.45, 7) is 6.11. The standard InChI is InChI=1S/C29H36O8/c1-19(2)13-27(34)36-23-9-5-21(6-10-23)15-25(32)29(17-30,18-31)26(33)16-22-7-11-24(12-8-22)37-28(35)14-20(3)4/h5-12,15-16,19-20,30-33H,13-14,17-18H2,1-4H3. The van der Waals surface area contributed by atoms with Gasteiger partial charge in [-0.3, -0.25) is 9.59 Å². The van der Waals surface area contributed by atoms with Crippen molar-refractivity contribution < 1.29 is 39.5 Å². The lowest BCUT2D eigenvalue weighted by molar-refractivity contribution is -0.136. The molecular formula is C29H36O8. The lowest BCUT2D eigenvalue weighted by Gasteiger charge is -2.28. The molecule has 0 aromatic heterocycles. The zero-order chi connectivity index (χ0) is 27.6. The van der Waals surface area contributed by atoms with E-state index in [1.807, 2.05) is 27.7 Å². The summed E-state index contributed by atoms with van der Waals surface area (Å²) in [5, 5.41) is 41.6. The molecule has 200 valence electrons. The molecule has 0 saturated carbocycles. The van der Waals surface area contributed by atoms with Gasteiger partial charge < -0.3 is 29.9 Å². The Morgan fingerprint density at radius 1 is 0.703 bits per heavy atom. The Morgan fingerprint density at radius 3 is 1.30 bits per heavy atom. The average Bonchev–Trinajstić information content (AvgIpc) is 2.81. The number of aliphatic hydroxyl groups is 4. The van der Waals surface area contributed by atoms with Crippen LogP contribution in [0.25, 0.3) is 12.2 Å². The van der Waals surface area contributed by atoms with Crippen LogP contribution in [0, 0.1) is 17.3 Å². The Labute approximate surface area is 217 Å². The summed E-state index contributed by atoms with van der Waals surface area (Å²) in [7, 11) is 0. The van der Waals surface area contributed by atoms with E-state index < -0.39 is 30.1 Å². The quantitative estimate of drug-likeness (QED) is 0.176. The Kier molecular flexibility index (Phi) is 10.9. The number of ether oxygens (including phenoxy) is 2. The number of aliphatic hydroxyl groups excluding tert-OH is 4. The summed E-state index contributed by atoms with van der Waals surface area (Å²) < 4.78 is 10.5. The maximum atomic E-state index is 11.8. The largest absolute Gasteiger partial charge is 0.511 e. The summed E-state index contributed by atoms with van der Waals surface area (Å²) in [5.41, 5.74) is -0.870. The Hall–Kier alpha value is -3.62. The lowest BCUT2D eigenvalue weighted by atomic mass is 9.83. The fourth-order valence-corrected chi connectivity index (χ4v) is 3.37. The first-order valence-corrected chi connectivity index (χ1v) is 12.1. The molecule has 0 heterocycles. The van der Waals surface area contributed by atoms with Crippen LogP contribution >= 0.6 is 0 Å². The van der Waals surface area contributed by atoms with Gasteiger partial charge in [-0.05, 0) is 59.4 Å². The maximum Gasteiger partial charge on any atom is 0.311 e. The van der Waals surface area contributed by atoms with Gasteiger partial charge in [0.15, 0.2) is 0 Å². The second kappa shape index (κ2) is 13.6. The van der Waals surface area contributed by atoms with Gasteiger partial charge in [0.1, 0.15) is 28.4 Å². The van der Waals surface area contributed by atoms with Gasteiger partial charge in [0.25, 0.3) is 0 Å². The molecule has 0 atom stereocenters. The maximum absolute atomic E-state index is 11.8. The van der Waals surface area contributed by atoms with Crippen LogP contribution in [-0.4, -0.2) is 45.6 Å². The smallest absolute Gasteiger partial charge is 0.311 e. The third-order valence-corrected chi connectivity index (χ3v) is 5.50. The molecule has 8 nitrogen and oxygen atoms in total. The Bertz CT molecular complexity index is 1010. The van der Waals surface area contributed by atoms with Crippen LogP contribution in [-0.2, 0) is 9.59 Å². The number of carbonyl (C=O) groups is 2. The second-order valence-electron chi connectivity index (χ2n) is 9.74. The van der Waals surface area contributed by atoms with E-state index in [1.165, 1.54) is 12.2 Å². The summed E-state index contributed by atoms with van der Waals surface area (Å²) >= 11 is 0. The highest BCUT2D eigenvalue weighted by molar-refractivity contribution is 5.73. The first-order valence-electron chi connectivity index (χ1n) is 12.1. The van der Waals surface area contributed by atoms with Crippen molar-refractivity contribution in [2.45, 2.75) is 40.5 Å². The fourth-order valence-electron chi connectivity index (χ4n) is 3.37. The summed E-state index contributed by atoms with van der Waals surface area (Å²) in [6, 6.07) is 12.6. The number of carbonyl (C=O) groups excluding carboxylic acids is 2. The molecule has 0 aliphatic rings. The van der Waals surface area contributed by atoms with Crippen molar-refractivity contribution in [2.75, 3.05) is 13.2 Å². The lowest BCUT2D eigenvalue weighted by Crippen LogP contribution is -2.34. The van der Waals surface area contributed by atoms with Gasteiger partial charge in [-0.15, -0.1) is 0 Å². The minimum Gasteiger partial charge on any atom is -0.511 e. The summed E-state index contributed by atoms with van der Waals surface area (Å²) in [6.07, 6.45) is 3.17. The number of esters is 2. The van der Waals surface area contributed by atoms with Gasteiger partial charge >= 0.3 is 11.9 Å². The molecule has 4 N–H and O–H groups in total. The van der Waals surface area contributed by atoms with Crippen LogP contribution in [0.15, 0.2) is 60.0 Å². The van der Waals surface area contributed by atoms with Crippen LogP contribution in [0.4, 0.5) is 0 Å². The molecule has 2 rings (SSSR count). The third-order valence-electron chi connectivity index (χ3n) is 5.50. The third kappa shape index (κ3) is 8.77. The van der Waals surface area contributed by atoms with E-state index in [1.54, 1.807) is 48.5 Å². The molecule has 8 heteroatoms. The molecule has 0 fully saturated rings. The zero-order valence-corrected chi connectivity index (χ0v) is 21.7. The molecular weight excluding hydrogens is 476 g/mol. The predicted octanol–water partition coefficient (Wildman–Crippen LogP) is 5.06. The number of rotatable bonds is 12. The first kappa shape index (κ1) is 29.6. The summed E-state index contributed by atoms with van der Waals surface area (Å²) in [4.78, 5) is 23.7. The highest BCUT2D eigenvalue weighted by atomic mass is 16.5. The molecule has 2 aromatic carbocycles. The first-order chi connectivity index (χ1) is 17.5. The van der Waals surface area contributed by atoms with Crippen LogP contribution in [0.2, 0.25) is 0 Å². The molecule has 0 radical (unpaired) electrons. The highest BCUT2D eigenvalue weighted by Crippen LogP contribution is 2.35. The Balaban J connectivity index is 2.20. The van der Waals surface area contributed by atoms with Gasteiger partial charge in [0.2, 0.25) is 0 Å². The van der Waals surface area contributed by atoms with Gasteiger partial charge in [0, 0.05) is 12.8 Å². The van der Waals surface area contributed by atoms with E-state index in [4.69, 9.17) is 9.47 Å². The number of hydrogen-bond acceptors (Lipinski definition) is 8. The van der Waals surface area contributed by atoms with E-state index in [9.17, 15) is 30.0 Å². The van der Waals surface area contributed by atoms with Crippen LogP contribution in [0.1, 0.15) is 51.7 Å². The van der Waals surface area contributed by atoms with Crippen LogP contribution < -0.4 is 9.47 Å². The average molecular weight is 513 g/mol. The predicted molar refractivity (Wildman–Crippen MR) is 141 cm³/mol. The van der Waals surface area contributed by atoms with Crippen LogP contribution in [0.5, 0.6) is 11.5 Å². The number of hydrogen-bond donors (Lipinski definition) is 4. The molecule has 0 aliphatic carbocycles. The fraction of sp³-hybridized carbons (Fsp3) is 0.379. The van der Waals surface area contributed by atoms with Crippen molar-refractivity contribution in [3.05, 3.63) is 71.2 Å². The normalized spacial score (nSPS) is 12.6. The van der Waals surface area contributed by atoms with Crippen molar-refractivity contribution in [3.63, 3.8) is 0 Å². The molecule has 0 amide bonds. The van der Waals surface area contributed by atoms with Crippen molar-refractivity contribution in [2.24, 2.45) is 17.3 Å². The van der Waals surface area contributed by atoms with Crippen LogP contribution in [0.3, 0.4) is 0 Å². The van der Waals surface area contributed by atoms with E-state index in [0.29, 0.717) is 22.6 Å². The molecule has 0 saturated heterocycles. The molecule has 0 spiro atoms. The van der Waals surface area contributed by atoms with E-state index in [0.717, 1.165) is 0 Å². The van der Waals surface area contributed by atoms with Gasteiger partial charge in [-0.2, -0.15) is 0 Å². The monoisotopic (exact) mass is 512 g/mol. The zero-order valence-electron chi connectivity index (χ0n) is 21.7. The van der Waals surface area contributed by atoms with Gasteiger partial charge in [-0.25, -0.2) is 0 Å². The topological polar surface area (TPSA) is 134 Å². The van der Waals surface area contributed by atoms with Gasteiger partial charge in [-0.1, -0.05) is 52.0 Å². The van der Waals surface area contributed by atoms with E-state index >= 15 is 0 Å². The molecule has 0 bridgehead atoms. The molecule has 37 heavy (non-hydrogen) atoms. The van der Waals surface area contributed by atoms with E-state index in [-0.39, 0.29) is 36.6 Å². The molecule has 2 aromatic rings. The minimum atomic E-state index is -1.86. The summed E-state index contributed by atoms with van der Waals surface area (Å²) in [5.74, 6) is -0.594. The van der Waals surface area contributed by atoms with E-state index in [2.05, 4.69) is 0 Å². The van der Waals surface area contributed by atoms with Crippen molar-refractivity contribution >= 4 is 24.1 Å². The van der Waals surface area contributed by atoms with Gasteiger partial charge in [0.05, 0.1) is 13.2 Å². The number of benzene rings is 2. The van der Waals surface area contributed by atoms with Crippen molar-refractivity contribution in [1.82, 2.24) is 0 Å².